The number of hydrogen-bond donors (Lipinski definition) is 1. The second-order valence-corrected chi connectivity index (χ2v) is 7.07. The van der Waals surface area contributed by atoms with Gasteiger partial charge in [-0.1, -0.05) is 20.8 Å². The monoisotopic (exact) mass is 317 g/mol. The number of nitrogens with zero attached hydrogens (tertiary/aromatic N) is 4. The van der Waals surface area contributed by atoms with E-state index in [1.807, 2.05) is 31.6 Å². The highest BCUT2D eigenvalue weighted by Gasteiger charge is 2.21. The van der Waals surface area contributed by atoms with Crippen LogP contribution in [0, 0.1) is 13.8 Å². The predicted octanol–water partition coefficient (Wildman–Crippen LogP) is 2.04. The summed E-state index contributed by atoms with van der Waals surface area (Å²) in [6.45, 7) is 10.9. The van der Waals surface area contributed by atoms with Gasteiger partial charge in [-0.2, -0.15) is 10.2 Å². The fraction of sp³-hybridized carbons (Fsp3) is 0.588. The van der Waals surface area contributed by atoms with E-state index in [1.165, 1.54) is 5.56 Å². The molecule has 0 spiro atoms. The van der Waals surface area contributed by atoms with Gasteiger partial charge in [-0.05, 0) is 31.9 Å². The summed E-state index contributed by atoms with van der Waals surface area (Å²) in [6, 6.07) is 1.87. The van der Waals surface area contributed by atoms with Crippen molar-refractivity contribution >= 4 is 5.91 Å². The van der Waals surface area contributed by atoms with E-state index in [4.69, 9.17) is 0 Å². The Kier molecular flexibility index (Phi) is 4.63. The number of carbonyl (C=O) groups excluding carboxylic acids is 1. The molecule has 2 rings (SSSR count). The highest BCUT2D eigenvalue weighted by atomic mass is 16.2. The van der Waals surface area contributed by atoms with Gasteiger partial charge in [-0.3, -0.25) is 14.2 Å². The second-order valence-electron chi connectivity index (χ2n) is 7.07. The van der Waals surface area contributed by atoms with Gasteiger partial charge in [0.1, 0.15) is 5.69 Å². The Morgan fingerprint density at radius 2 is 1.83 bits per heavy atom. The highest BCUT2D eigenvalue weighted by Crippen LogP contribution is 2.21. The lowest BCUT2D eigenvalue weighted by atomic mass is 9.92. The summed E-state index contributed by atoms with van der Waals surface area (Å²) < 4.78 is 3.53. The Bertz CT molecular complexity index is 718. The molecular weight excluding hydrogens is 290 g/mol. The zero-order valence-electron chi connectivity index (χ0n) is 15.2. The fourth-order valence-corrected chi connectivity index (χ4v) is 2.62. The zero-order valence-corrected chi connectivity index (χ0v) is 15.2. The summed E-state index contributed by atoms with van der Waals surface area (Å²) in [4.78, 5) is 12.4. The number of hydrogen-bond acceptors (Lipinski definition) is 3. The van der Waals surface area contributed by atoms with Gasteiger partial charge in [0.15, 0.2) is 0 Å². The average molecular weight is 317 g/mol. The van der Waals surface area contributed by atoms with Gasteiger partial charge >= 0.3 is 0 Å². The molecule has 0 radical (unpaired) electrons. The SMILES string of the molecule is Cc1nn(C)c(C)c1CCNC(=O)c1cc(C(C)(C)C)nn1C. The minimum Gasteiger partial charge on any atom is -0.350 e. The van der Waals surface area contributed by atoms with Crippen molar-refractivity contribution in [2.45, 2.75) is 46.5 Å². The summed E-state index contributed by atoms with van der Waals surface area (Å²) in [6.07, 6.45) is 0.779. The van der Waals surface area contributed by atoms with Gasteiger partial charge in [0.2, 0.25) is 0 Å². The first kappa shape index (κ1) is 17.2. The third kappa shape index (κ3) is 3.63. The molecule has 126 valence electrons. The first-order chi connectivity index (χ1) is 10.6. The molecule has 0 aliphatic heterocycles. The van der Waals surface area contributed by atoms with Crippen LogP contribution in [0.3, 0.4) is 0 Å². The molecule has 0 saturated heterocycles. The Morgan fingerprint density at radius 1 is 1.17 bits per heavy atom. The maximum absolute atomic E-state index is 12.4. The molecule has 2 heterocycles. The molecule has 0 aliphatic rings. The van der Waals surface area contributed by atoms with Crippen LogP contribution in [0.5, 0.6) is 0 Å². The molecule has 0 fully saturated rings. The third-order valence-electron chi connectivity index (χ3n) is 4.20. The summed E-state index contributed by atoms with van der Waals surface area (Å²) in [7, 11) is 3.74. The highest BCUT2D eigenvalue weighted by molar-refractivity contribution is 5.92. The van der Waals surface area contributed by atoms with Crippen LogP contribution in [0.1, 0.15) is 53.9 Å². The molecule has 1 N–H and O–H groups in total. The molecule has 0 unspecified atom stereocenters. The normalized spacial score (nSPS) is 11.8. The lowest BCUT2D eigenvalue weighted by molar-refractivity contribution is 0.0944. The minimum absolute atomic E-state index is 0.0692. The van der Waals surface area contributed by atoms with Crippen molar-refractivity contribution in [1.29, 1.82) is 0 Å². The summed E-state index contributed by atoms with van der Waals surface area (Å²) >= 11 is 0. The van der Waals surface area contributed by atoms with Crippen LogP contribution in [-0.2, 0) is 25.9 Å². The van der Waals surface area contributed by atoms with E-state index in [-0.39, 0.29) is 11.3 Å². The van der Waals surface area contributed by atoms with Crippen molar-refractivity contribution in [3.8, 4) is 0 Å². The molecule has 0 bridgehead atoms. The summed E-state index contributed by atoms with van der Waals surface area (Å²) in [5.74, 6) is -0.0882. The molecule has 0 atom stereocenters. The van der Waals surface area contributed by atoms with Gasteiger partial charge in [0.25, 0.3) is 5.91 Å². The van der Waals surface area contributed by atoms with Crippen molar-refractivity contribution in [1.82, 2.24) is 24.9 Å². The van der Waals surface area contributed by atoms with E-state index in [9.17, 15) is 4.79 Å². The maximum atomic E-state index is 12.4. The Morgan fingerprint density at radius 3 is 2.30 bits per heavy atom. The maximum Gasteiger partial charge on any atom is 0.269 e. The van der Waals surface area contributed by atoms with Crippen molar-refractivity contribution in [2.75, 3.05) is 6.54 Å². The summed E-state index contributed by atoms with van der Waals surface area (Å²) in [5.41, 5.74) is 4.81. The molecule has 0 saturated carbocycles. The lowest BCUT2D eigenvalue weighted by Crippen LogP contribution is -2.27. The van der Waals surface area contributed by atoms with E-state index in [1.54, 1.807) is 11.7 Å². The van der Waals surface area contributed by atoms with Crippen molar-refractivity contribution in [2.24, 2.45) is 14.1 Å². The van der Waals surface area contributed by atoms with Crippen molar-refractivity contribution in [3.63, 3.8) is 0 Å². The van der Waals surface area contributed by atoms with Crippen molar-refractivity contribution < 1.29 is 4.79 Å². The second kappa shape index (κ2) is 6.18. The molecule has 0 aromatic carbocycles. The summed E-state index contributed by atoms with van der Waals surface area (Å²) in [5, 5.41) is 11.8. The van der Waals surface area contributed by atoms with Gasteiger partial charge < -0.3 is 5.32 Å². The van der Waals surface area contributed by atoms with Gasteiger partial charge in [-0.25, -0.2) is 0 Å². The molecule has 1 amide bonds. The quantitative estimate of drug-likeness (QED) is 0.938. The molecule has 0 aliphatic carbocycles. The topological polar surface area (TPSA) is 64.7 Å². The molecule has 23 heavy (non-hydrogen) atoms. The number of carbonyl (C=O) groups is 1. The van der Waals surface area contributed by atoms with E-state index < -0.39 is 0 Å². The van der Waals surface area contributed by atoms with Gasteiger partial charge in [0.05, 0.1) is 11.4 Å². The van der Waals surface area contributed by atoms with E-state index >= 15 is 0 Å². The third-order valence-corrected chi connectivity index (χ3v) is 4.20. The number of aromatic nitrogens is 4. The van der Waals surface area contributed by atoms with Crippen LogP contribution < -0.4 is 5.32 Å². The van der Waals surface area contributed by atoms with Crippen LogP contribution in [0.25, 0.3) is 0 Å². The van der Waals surface area contributed by atoms with E-state index in [0.29, 0.717) is 12.2 Å². The predicted molar refractivity (Wildman–Crippen MR) is 90.6 cm³/mol. The Balaban J connectivity index is 2.02. The fourth-order valence-electron chi connectivity index (χ4n) is 2.62. The van der Waals surface area contributed by atoms with E-state index in [0.717, 1.165) is 23.5 Å². The van der Waals surface area contributed by atoms with Crippen LogP contribution in [0.4, 0.5) is 0 Å². The molecule has 6 nitrogen and oxygen atoms in total. The standard InChI is InChI=1S/C17H27N5O/c1-11-13(12(2)21(6)19-11)8-9-18-16(23)14-10-15(17(3,4)5)20-22(14)7/h10H,8-9H2,1-7H3,(H,18,23). The molecule has 2 aromatic heterocycles. The molecule has 2 aromatic rings. The van der Waals surface area contributed by atoms with Crippen LogP contribution >= 0.6 is 0 Å². The Labute approximate surface area is 137 Å². The zero-order chi connectivity index (χ0) is 17.4. The van der Waals surface area contributed by atoms with Gasteiger partial charge in [-0.15, -0.1) is 0 Å². The first-order valence-corrected chi connectivity index (χ1v) is 7.93. The Hall–Kier alpha value is -2.11. The largest absolute Gasteiger partial charge is 0.350 e. The number of nitrogens with one attached hydrogen (secondary N) is 1. The average Bonchev–Trinajstić information content (AvgIpc) is 2.93. The van der Waals surface area contributed by atoms with Crippen LogP contribution in [0.15, 0.2) is 6.07 Å². The van der Waals surface area contributed by atoms with Gasteiger partial charge in [0, 0.05) is 31.7 Å². The number of amides is 1. The smallest absolute Gasteiger partial charge is 0.269 e. The molecular formula is C17H27N5O. The molecule has 6 heteroatoms. The minimum atomic E-state index is -0.0882. The van der Waals surface area contributed by atoms with E-state index in [2.05, 4.69) is 36.3 Å². The number of aryl methyl sites for hydroxylation is 3. The van der Waals surface area contributed by atoms with Crippen molar-refractivity contribution in [3.05, 3.63) is 34.4 Å². The van der Waals surface area contributed by atoms with Crippen LogP contribution in [0.2, 0.25) is 0 Å². The first-order valence-electron chi connectivity index (χ1n) is 7.93. The number of rotatable bonds is 4. The lowest BCUT2D eigenvalue weighted by Gasteiger charge is -2.13. The van der Waals surface area contributed by atoms with Crippen LogP contribution in [-0.4, -0.2) is 32.0 Å².